The smallest absolute Gasteiger partial charge is 0.166 e. The summed E-state index contributed by atoms with van der Waals surface area (Å²) in [4.78, 5) is 2.65. The van der Waals surface area contributed by atoms with Crippen molar-refractivity contribution in [1.82, 2.24) is 10.2 Å². The van der Waals surface area contributed by atoms with Gasteiger partial charge in [-0.2, -0.15) is 0 Å². The van der Waals surface area contributed by atoms with Crippen LogP contribution in [0.2, 0.25) is 0 Å². The Morgan fingerprint density at radius 3 is 2.57 bits per heavy atom. The minimum absolute atomic E-state index is 0.0623. The summed E-state index contributed by atoms with van der Waals surface area (Å²) in [5.41, 5.74) is 0.647. The van der Waals surface area contributed by atoms with E-state index in [1.165, 1.54) is 25.9 Å². The highest BCUT2D eigenvalue weighted by molar-refractivity contribution is 7.55. The highest BCUT2D eigenvalue weighted by atomic mass is 31.1. The van der Waals surface area contributed by atoms with Crippen LogP contribution in [-0.2, 0) is 0 Å². The topological polar surface area (TPSA) is 15.3 Å². The number of rotatable bonds is 3. The summed E-state index contributed by atoms with van der Waals surface area (Å²) in [5.74, 6) is 0.695. The van der Waals surface area contributed by atoms with Crippen LogP contribution in [0.4, 0.5) is 0 Å². The first kappa shape index (κ1) is 10.6. The second kappa shape index (κ2) is 3.59. The van der Waals surface area contributed by atoms with Crippen LogP contribution < -0.4 is 5.32 Å². The van der Waals surface area contributed by atoms with E-state index in [2.05, 4.69) is 37.2 Å². The minimum Gasteiger partial charge on any atom is -0.315 e. The molecule has 2 rings (SSSR count). The van der Waals surface area contributed by atoms with Gasteiger partial charge in [0.1, 0.15) is 7.55 Å². The summed E-state index contributed by atoms with van der Waals surface area (Å²) in [7, 11) is 2.05. The lowest BCUT2D eigenvalue weighted by Gasteiger charge is -2.17. The summed E-state index contributed by atoms with van der Waals surface area (Å²) in [6.07, 6.45) is 7.07. The Bertz CT molecular complexity index is 248. The van der Waals surface area contributed by atoms with Crippen molar-refractivity contribution in [2.75, 3.05) is 26.8 Å². The van der Waals surface area contributed by atoms with E-state index in [0.717, 1.165) is 6.04 Å². The van der Waals surface area contributed by atoms with Gasteiger partial charge < -0.3 is 5.32 Å². The normalized spacial score (nSPS) is 33.4. The van der Waals surface area contributed by atoms with Gasteiger partial charge in [0, 0.05) is 19.1 Å². The van der Waals surface area contributed by atoms with Crippen molar-refractivity contribution in [1.29, 1.82) is 0 Å². The van der Waals surface area contributed by atoms with E-state index >= 15 is 0 Å². The molecular formula is C11H22N2P+. The molecule has 80 valence electrons. The van der Waals surface area contributed by atoms with Crippen LogP contribution in [0.15, 0.2) is 0 Å². The summed E-state index contributed by atoms with van der Waals surface area (Å²) in [5, 5.41) is 3.49. The first-order valence-electron chi connectivity index (χ1n) is 5.54. The van der Waals surface area contributed by atoms with Crippen LogP contribution in [-0.4, -0.2) is 49.8 Å². The van der Waals surface area contributed by atoms with E-state index in [9.17, 15) is 0 Å². The monoisotopic (exact) mass is 213 g/mol. The van der Waals surface area contributed by atoms with E-state index in [1.54, 1.807) is 0 Å². The second-order valence-corrected chi connectivity index (χ2v) is 7.28. The summed E-state index contributed by atoms with van der Waals surface area (Å²) in [6.45, 7) is 7.17. The molecule has 2 fully saturated rings. The number of nitrogens with one attached hydrogen (secondary N) is 1. The molecule has 1 saturated carbocycles. The van der Waals surface area contributed by atoms with Gasteiger partial charge in [-0.15, -0.1) is 0 Å². The average molecular weight is 213 g/mol. The Kier molecular flexibility index (Phi) is 2.72. The fraction of sp³-hybridized carbons (Fsp3) is 0.909. The summed E-state index contributed by atoms with van der Waals surface area (Å²) in [6, 6.07) is 0.736. The number of hydrogen-bond donors (Lipinski definition) is 1. The van der Waals surface area contributed by atoms with Crippen LogP contribution in [0.3, 0.4) is 0 Å². The maximum absolute atomic E-state index is 4.20. The SMILES string of the molecule is C=[P+](C)C(C)N1CC(NC)C2(CC2)C1. The zero-order valence-electron chi connectivity index (χ0n) is 9.58. The van der Waals surface area contributed by atoms with Crippen LogP contribution in [0, 0.1) is 5.41 Å². The Morgan fingerprint density at radius 2 is 2.21 bits per heavy atom. The predicted molar refractivity (Wildman–Crippen MR) is 65.5 cm³/mol. The Labute approximate surface area is 88.4 Å². The molecule has 1 aliphatic carbocycles. The number of likely N-dealkylation sites (N-methyl/N-ethyl adjacent to an activating group) is 1. The van der Waals surface area contributed by atoms with E-state index in [4.69, 9.17) is 0 Å². The number of likely N-dealkylation sites (tertiary alicyclic amines) is 1. The van der Waals surface area contributed by atoms with Crippen molar-refractivity contribution in [3.05, 3.63) is 0 Å². The van der Waals surface area contributed by atoms with E-state index < -0.39 is 0 Å². The molecular weight excluding hydrogens is 191 g/mol. The van der Waals surface area contributed by atoms with Gasteiger partial charge in [0.2, 0.25) is 0 Å². The highest BCUT2D eigenvalue weighted by Crippen LogP contribution is 2.53. The molecule has 2 nitrogen and oxygen atoms in total. The van der Waals surface area contributed by atoms with Crippen molar-refractivity contribution in [2.45, 2.75) is 31.6 Å². The van der Waals surface area contributed by atoms with Crippen molar-refractivity contribution in [3.63, 3.8) is 0 Å². The fourth-order valence-corrected chi connectivity index (χ4v) is 3.37. The largest absolute Gasteiger partial charge is 0.315 e. The molecule has 14 heavy (non-hydrogen) atoms. The Morgan fingerprint density at radius 1 is 1.57 bits per heavy atom. The lowest BCUT2D eigenvalue weighted by atomic mass is 10.0. The first-order chi connectivity index (χ1) is 6.59. The molecule has 1 N–H and O–H groups in total. The minimum atomic E-state index is -0.0623. The van der Waals surface area contributed by atoms with Crippen molar-refractivity contribution < 1.29 is 0 Å². The average Bonchev–Trinajstić information content (AvgIpc) is 2.79. The molecule has 0 aromatic carbocycles. The molecule has 3 heteroatoms. The highest BCUT2D eigenvalue weighted by Gasteiger charge is 2.55. The molecule has 0 radical (unpaired) electrons. The Balaban J connectivity index is 2.02. The number of hydrogen-bond acceptors (Lipinski definition) is 2. The zero-order chi connectivity index (χ0) is 10.3. The third-order valence-electron chi connectivity index (χ3n) is 4.08. The van der Waals surface area contributed by atoms with Gasteiger partial charge in [-0.3, -0.25) is 4.90 Å². The Hall–Kier alpha value is 0.0900. The van der Waals surface area contributed by atoms with Gasteiger partial charge >= 0.3 is 0 Å². The van der Waals surface area contributed by atoms with E-state index in [-0.39, 0.29) is 7.55 Å². The van der Waals surface area contributed by atoms with Crippen LogP contribution in [0.5, 0.6) is 0 Å². The first-order valence-corrected chi connectivity index (χ1v) is 7.58. The molecule has 0 aromatic rings. The molecule has 0 amide bonds. The van der Waals surface area contributed by atoms with E-state index in [0.29, 0.717) is 11.2 Å². The molecule has 1 saturated heterocycles. The van der Waals surface area contributed by atoms with Gasteiger partial charge in [-0.25, -0.2) is 0 Å². The fourth-order valence-electron chi connectivity index (χ4n) is 2.64. The maximum atomic E-state index is 4.20. The third-order valence-corrected chi connectivity index (χ3v) is 5.68. The molecule has 3 atom stereocenters. The van der Waals surface area contributed by atoms with Crippen molar-refractivity contribution >= 4 is 13.8 Å². The van der Waals surface area contributed by atoms with Crippen LogP contribution >= 0.6 is 7.55 Å². The molecule has 0 bridgehead atoms. The third kappa shape index (κ3) is 1.64. The van der Waals surface area contributed by atoms with Crippen molar-refractivity contribution in [2.24, 2.45) is 5.41 Å². The predicted octanol–water partition coefficient (Wildman–Crippen LogP) is 1.56. The number of nitrogens with zero attached hydrogens (tertiary/aromatic N) is 1. The van der Waals surface area contributed by atoms with Gasteiger partial charge in [0.05, 0.1) is 13.0 Å². The molecule has 0 aromatic heterocycles. The second-order valence-electron chi connectivity index (χ2n) is 5.02. The standard InChI is InChI=1S/C11H22N2P/c1-9(14(3)4)13-7-10(12-2)11(8-13)5-6-11/h9-10,12H,3,5-8H2,1-2,4H3/q+1. The van der Waals surface area contributed by atoms with Gasteiger partial charge in [-0.05, 0) is 32.2 Å². The molecule has 1 aliphatic heterocycles. The lowest BCUT2D eigenvalue weighted by Crippen LogP contribution is -2.35. The zero-order valence-corrected chi connectivity index (χ0v) is 10.5. The quantitative estimate of drug-likeness (QED) is 0.716. The summed E-state index contributed by atoms with van der Waals surface area (Å²) < 4.78 is 0. The summed E-state index contributed by atoms with van der Waals surface area (Å²) >= 11 is 0. The van der Waals surface area contributed by atoms with E-state index in [1.807, 2.05) is 0 Å². The van der Waals surface area contributed by atoms with Gasteiger partial charge in [0.15, 0.2) is 5.78 Å². The van der Waals surface area contributed by atoms with Crippen molar-refractivity contribution in [3.8, 4) is 0 Å². The van der Waals surface area contributed by atoms with Crippen LogP contribution in [0.25, 0.3) is 0 Å². The molecule has 3 unspecified atom stereocenters. The van der Waals surface area contributed by atoms with Gasteiger partial charge in [-0.1, -0.05) is 0 Å². The molecule has 1 heterocycles. The lowest BCUT2D eigenvalue weighted by molar-refractivity contribution is 0.310. The van der Waals surface area contributed by atoms with Crippen LogP contribution in [0.1, 0.15) is 19.8 Å². The molecule has 1 spiro atoms. The van der Waals surface area contributed by atoms with Gasteiger partial charge in [0.25, 0.3) is 0 Å². The molecule has 2 aliphatic rings. The maximum Gasteiger partial charge on any atom is 0.166 e.